The smallest absolute Gasteiger partial charge is 0.321 e. The third-order valence-electron chi connectivity index (χ3n) is 2.55. The highest BCUT2D eigenvalue weighted by Crippen LogP contribution is 2.05. The number of amides is 1. The van der Waals surface area contributed by atoms with Crippen molar-refractivity contribution >= 4 is 21.7 Å². The molecule has 0 rings (SSSR count). The van der Waals surface area contributed by atoms with Crippen LogP contribution in [-0.4, -0.2) is 54.4 Å². The van der Waals surface area contributed by atoms with Gasteiger partial charge in [0.2, 0.25) is 5.91 Å². The second kappa shape index (κ2) is 7.35. The van der Waals surface area contributed by atoms with Gasteiger partial charge in [-0.3, -0.25) is 9.59 Å². The van der Waals surface area contributed by atoms with Crippen molar-refractivity contribution in [1.82, 2.24) is 4.90 Å². The fourth-order valence-electron chi connectivity index (χ4n) is 1.44. The summed E-state index contributed by atoms with van der Waals surface area (Å²) in [6, 6.07) is 0. The van der Waals surface area contributed by atoms with Crippen LogP contribution in [0, 0.1) is 0 Å². The summed E-state index contributed by atoms with van der Waals surface area (Å²) >= 11 is 0. The van der Waals surface area contributed by atoms with E-state index in [4.69, 9.17) is 5.11 Å². The highest BCUT2D eigenvalue weighted by molar-refractivity contribution is 7.93. The van der Waals surface area contributed by atoms with Crippen molar-refractivity contribution in [2.75, 3.05) is 18.8 Å². The van der Waals surface area contributed by atoms with Gasteiger partial charge in [0, 0.05) is 13.1 Å². The normalized spacial score (nSPS) is 13.1. The van der Waals surface area contributed by atoms with Crippen LogP contribution in [0.5, 0.6) is 0 Å². The van der Waals surface area contributed by atoms with Crippen molar-refractivity contribution in [2.45, 2.75) is 38.9 Å². The Morgan fingerprint density at radius 3 is 1.94 bits per heavy atom. The van der Waals surface area contributed by atoms with E-state index in [0.717, 1.165) is 19.8 Å². The first-order valence-electron chi connectivity index (χ1n) is 5.98. The van der Waals surface area contributed by atoms with E-state index in [1.54, 1.807) is 0 Å². The van der Waals surface area contributed by atoms with Gasteiger partial charge < -0.3 is 10.0 Å². The van der Waals surface area contributed by atoms with Gasteiger partial charge in [-0.25, -0.2) is 8.42 Å². The largest absolute Gasteiger partial charge is 0.480 e. The first-order valence-corrected chi connectivity index (χ1v) is 7.69. The zero-order valence-corrected chi connectivity index (χ0v) is 11.9. The third kappa shape index (κ3) is 5.03. The zero-order valence-electron chi connectivity index (χ0n) is 11.0. The van der Waals surface area contributed by atoms with Crippen LogP contribution in [0.15, 0.2) is 0 Å². The monoisotopic (exact) mass is 279 g/mol. The van der Waals surface area contributed by atoms with Crippen LogP contribution in [-0.2, 0) is 19.4 Å². The molecule has 0 saturated carbocycles. The molecule has 0 heterocycles. The van der Waals surface area contributed by atoms with E-state index in [1.807, 2.05) is 13.8 Å². The summed E-state index contributed by atoms with van der Waals surface area (Å²) in [5.41, 5.74) is 0. The summed E-state index contributed by atoms with van der Waals surface area (Å²) in [5, 5.41) is 7.12. The standard InChI is InChI=1S/C11H21NO5S/c1-4-6-12(7-5-2)10(13)8-18(16,17)9(3)11(14)15/h9H,4-8H2,1-3H3,(H,14,15). The van der Waals surface area contributed by atoms with Crippen LogP contribution in [0.3, 0.4) is 0 Å². The molecule has 18 heavy (non-hydrogen) atoms. The summed E-state index contributed by atoms with van der Waals surface area (Å²) in [6.45, 7) is 5.84. The number of nitrogens with zero attached hydrogens (tertiary/aromatic N) is 1. The van der Waals surface area contributed by atoms with Gasteiger partial charge in [-0.1, -0.05) is 13.8 Å². The van der Waals surface area contributed by atoms with Crippen LogP contribution in [0.25, 0.3) is 0 Å². The Balaban J connectivity index is 4.76. The van der Waals surface area contributed by atoms with Crippen LogP contribution >= 0.6 is 0 Å². The third-order valence-corrected chi connectivity index (χ3v) is 4.48. The van der Waals surface area contributed by atoms with Crippen molar-refractivity contribution in [2.24, 2.45) is 0 Å². The predicted molar refractivity (Wildman–Crippen MR) is 68.0 cm³/mol. The molecular weight excluding hydrogens is 258 g/mol. The Bertz CT molecular complexity index is 384. The van der Waals surface area contributed by atoms with E-state index in [9.17, 15) is 18.0 Å². The first-order chi connectivity index (χ1) is 8.26. The van der Waals surface area contributed by atoms with Crippen LogP contribution < -0.4 is 0 Å². The fraction of sp³-hybridized carbons (Fsp3) is 0.818. The number of carbonyl (C=O) groups excluding carboxylic acids is 1. The van der Waals surface area contributed by atoms with Crippen LogP contribution in [0.2, 0.25) is 0 Å². The Kier molecular flexibility index (Phi) is 6.90. The van der Waals surface area contributed by atoms with Gasteiger partial charge in [0.15, 0.2) is 15.1 Å². The van der Waals surface area contributed by atoms with E-state index >= 15 is 0 Å². The molecule has 1 N–H and O–H groups in total. The molecule has 6 nitrogen and oxygen atoms in total. The number of carboxylic acids is 1. The minimum Gasteiger partial charge on any atom is -0.480 e. The second-order valence-corrected chi connectivity index (χ2v) is 6.49. The lowest BCUT2D eigenvalue weighted by atomic mass is 10.3. The topological polar surface area (TPSA) is 91.8 Å². The minimum absolute atomic E-state index is 0.490. The number of hydrogen-bond donors (Lipinski definition) is 1. The predicted octanol–water partition coefficient (Wildman–Crippen LogP) is 0.523. The van der Waals surface area contributed by atoms with E-state index < -0.39 is 32.7 Å². The number of carboxylic acid groups (broad SMARTS) is 1. The van der Waals surface area contributed by atoms with Gasteiger partial charge in [-0.15, -0.1) is 0 Å². The molecule has 0 aliphatic rings. The molecule has 0 aromatic heterocycles. The lowest BCUT2D eigenvalue weighted by Gasteiger charge is -2.21. The van der Waals surface area contributed by atoms with Crippen molar-refractivity contribution in [1.29, 1.82) is 0 Å². The average molecular weight is 279 g/mol. The maximum Gasteiger partial charge on any atom is 0.321 e. The summed E-state index contributed by atoms with van der Waals surface area (Å²) in [4.78, 5) is 23.9. The van der Waals surface area contributed by atoms with Gasteiger partial charge in [0.1, 0.15) is 5.75 Å². The van der Waals surface area contributed by atoms with E-state index in [-0.39, 0.29) is 0 Å². The highest BCUT2D eigenvalue weighted by Gasteiger charge is 2.31. The SMILES string of the molecule is CCCN(CCC)C(=O)CS(=O)(=O)C(C)C(=O)O. The molecule has 0 saturated heterocycles. The molecule has 1 atom stereocenters. The van der Waals surface area contributed by atoms with Crippen molar-refractivity contribution < 1.29 is 23.1 Å². The van der Waals surface area contributed by atoms with E-state index in [0.29, 0.717) is 13.1 Å². The summed E-state index contributed by atoms with van der Waals surface area (Å²) < 4.78 is 23.3. The molecule has 1 amide bonds. The van der Waals surface area contributed by atoms with Gasteiger partial charge in [0.05, 0.1) is 0 Å². The fourth-order valence-corrected chi connectivity index (χ4v) is 2.53. The van der Waals surface area contributed by atoms with E-state index in [1.165, 1.54) is 4.90 Å². The number of aliphatic carboxylic acids is 1. The zero-order chi connectivity index (χ0) is 14.3. The molecule has 106 valence electrons. The van der Waals surface area contributed by atoms with Crippen molar-refractivity contribution in [3.8, 4) is 0 Å². The number of sulfone groups is 1. The van der Waals surface area contributed by atoms with Gasteiger partial charge in [-0.05, 0) is 19.8 Å². The van der Waals surface area contributed by atoms with E-state index in [2.05, 4.69) is 0 Å². The second-order valence-electron chi connectivity index (χ2n) is 4.17. The molecule has 7 heteroatoms. The minimum atomic E-state index is -3.93. The molecule has 0 aliphatic carbocycles. The van der Waals surface area contributed by atoms with Crippen LogP contribution in [0.1, 0.15) is 33.6 Å². The van der Waals surface area contributed by atoms with Crippen LogP contribution in [0.4, 0.5) is 0 Å². The number of hydrogen-bond acceptors (Lipinski definition) is 4. The molecule has 0 bridgehead atoms. The van der Waals surface area contributed by atoms with Gasteiger partial charge >= 0.3 is 5.97 Å². The van der Waals surface area contributed by atoms with Crippen molar-refractivity contribution in [3.63, 3.8) is 0 Å². The van der Waals surface area contributed by atoms with Gasteiger partial charge in [-0.2, -0.15) is 0 Å². The molecule has 0 radical (unpaired) electrons. The number of rotatable bonds is 8. The maximum absolute atomic E-state index is 11.8. The first kappa shape index (κ1) is 16.9. The molecule has 0 aliphatic heterocycles. The quantitative estimate of drug-likeness (QED) is 0.699. The highest BCUT2D eigenvalue weighted by atomic mass is 32.2. The lowest BCUT2D eigenvalue weighted by Crippen LogP contribution is -2.40. The molecule has 0 aromatic rings. The van der Waals surface area contributed by atoms with Gasteiger partial charge in [0.25, 0.3) is 0 Å². The molecule has 1 unspecified atom stereocenters. The Morgan fingerprint density at radius 1 is 1.17 bits per heavy atom. The molecule has 0 fully saturated rings. The molecule has 0 spiro atoms. The lowest BCUT2D eigenvalue weighted by molar-refractivity contribution is -0.136. The summed E-state index contributed by atoms with van der Waals surface area (Å²) in [5.74, 6) is -2.69. The summed E-state index contributed by atoms with van der Waals surface area (Å²) in [7, 11) is -3.93. The maximum atomic E-state index is 11.8. The average Bonchev–Trinajstić information content (AvgIpc) is 2.26. The molecular formula is C11H21NO5S. The summed E-state index contributed by atoms with van der Waals surface area (Å²) in [6.07, 6.45) is 1.47. The Labute approximate surface area is 108 Å². The van der Waals surface area contributed by atoms with Crippen molar-refractivity contribution in [3.05, 3.63) is 0 Å². The number of carbonyl (C=O) groups is 2. The Hall–Kier alpha value is -1.11. The Morgan fingerprint density at radius 2 is 1.61 bits per heavy atom. The molecule has 0 aromatic carbocycles.